The van der Waals surface area contributed by atoms with Crippen molar-refractivity contribution in [3.05, 3.63) is 80.8 Å². The Balaban J connectivity index is 1.89. The predicted molar refractivity (Wildman–Crippen MR) is 135 cm³/mol. The lowest BCUT2D eigenvalue weighted by molar-refractivity contribution is -0.152. The predicted octanol–water partition coefficient (Wildman–Crippen LogP) is 5.24. The molecule has 35 heavy (non-hydrogen) atoms. The fourth-order valence-electron chi connectivity index (χ4n) is 5.13. The second-order valence-electron chi connectivity index (χ2n) is 8.68. The molecule has 6 nitrogen and oxygen atoms in total. The van der Waals surface area contributed by atoms with Gasteiger partial charge in [0.05, 0.1) is 18.8 Å². The molecule has 0 fully saturated rings. The van der Waals surface area contributed by atoms with Crippen molar-refractivity contribution in [3.63, 3.8) is 0 Å². The van der Waals surface area contributed by atoms with Crippen LogP contribution in [0.2, 0.25) is 0 Å². The van der Waals surface area contributed by atoms with Crippen molar-refractivity contribution in [1.29, 1.82) is 0 Å². The first-order chi connectivity index (χ1) is 17.0. The van der Waals surface area contributed by atoms with Gasteiger partial charge in [0.15, 0.2) is 5.78 Å². The molecule has 1 aliphatic carbocycles. The molecule has 0 spiro atoms. The summed E-state index contributed by atoms with van der Waals surface area (Å²) in [4.78, 5) is 40.6. The molecule has 0 radical (unpaired) electrons. The van der Waals surface area contributed by atoms with E-state index in [-0.39, 0.29) is 24.9 Å². The summed E-state index contributed by atoms with van der Waals surface area (Å²) < 4.78 is 10.8. The van der Waals surface area contributed by atoms with Crippen LogP contribution in [0.5, 0.6) is 0 Å². The Morgan fingerprint density at radius 3 is 2.40 bits per heavy atom. The molecule has 0 amide bonds. The first-order valence-corrected chi connectivity index (χ1v) is 13.1. The van der Waals surface area contributed by atoms with Gasteiger partial charge in [-0.1, -0.05) is 43.7 Å². The Kier molecular flexibility index (Phi) is 7.86. The fourth-order valence-corrected chi connectivity index (χ4v) is 5.82. The summed E-state index contributed by atoms with van der Waals surface area (Å²) in [7, 11) is 0. The standard InChI is InChI=1S/C28H31NO5S/c1-4-10-20-25(28(32)34-6-3)22(18-13-14-35-16-18)24-21(29-20)15-19(17-11-8-7-9-12-17)23(26(24)30)27(31)33-5-2/h7-9,11-14,16,19,22-23,29H,4-6,10,15H2,1-3H3. The van der Waals surface area contributed by atoms with Crippen LogP contribution in [-0.4, -0.2) is 30.9 Å². The molecule has 2 aliphatic rings. The van der Waals surface area contributed by atoms with Gasteiger partial charge in [-0.25, -0.2) is 4.79 Å². The molecule has 2 aromatic rings. The second-order valence-corrected chi connectivity index (χ2v) is 9.46. The van der Waals surface area contributed by atoms with Crippen LogP contribution < -0.4 is 5.32 Å². The summed E-state index contributed by atoms with van der Waals surface area (Å²) in [6.07, 6.45) is 1.95. The van der Waals surface area contributed by atoms with Gasteiger partial charge in [0.1, 0.15) is 5.92 Å². The minimum Gasteiger partial charge on any atom is -0.465 e. The molecule has 0 saturated carbocycles. The Hall–Kier alpha value is -3.19. The summed E-state index contributed by atoms with van der Waals surface area (Å²) in [5, 5.41) is 7.34. The van der Waals surface area contributed by atoms with Crippen LogP contribution >= 0.6 is 11.3 Å². The van der Waals surface area contributed by atoms with Gasteiger partial charge in [0, 0.05) is 28.8 Å². The van der Waals surface area contributed by atoms with E-state index in [1.165, 1.54) is 11.3 Å². The molecule has 0 bridgehead atoms. The first-order valence-electron chi connectivity index (χ1n) is 12.2. The monoisotopic (exact) mass is 493 g/mol. The van der Waals surface area contributed by atoms with E-state index in [1.54, 1.807) is 13.8 Å². The van der Waals surface area contributed by atoms with Crippen molar-refractivity contribution in [1.82, 2.24) is 5.32 Å². The number of dihydropyridines is 1. The molecule has 1 aromatic heterocycles. The summed E-state index contributed by atoms with van der Waals surface area (Å²) in [5.74, 6) is -3.17. The highest BCUT2D eigenvalue weighted by Gasteiger charge is 2.49. The van der Waals surface area contributed by atoms with E-state index >= 15 is 0 Å². The Bertz CT molecular complexity index is 1150. The van der Waals surface area contributed by atoms with Crippen LogP contribution in [0.25, 0.3) is 0 Å². The number of hydrogen-bond donors (Lipinski definition) is 1. The highest BCUT2D eigenvalue weighted by Crippen LogP contribution is 2.48. The zero-order valence-corrected chi connectivity index (χ0v) is 21.2. The summed E-state index contributed by atoms with van der Waals surface area (Å²) in [5.41, 5.74) is 4.26. The van der Waals surface area contributed by atoms with Gasteiger partial charge < -0.3 is 14.8 Å². The van der Waals surface area contributed by atoms with Gasteiger partial charge in [0.2, 0.25) is 0 Å². The Morgan fingerprint density at radius 2 is 1.77 bits per heavy atom. The topological polar surface area (TPSA) is 81.7 Å². The average molecular weight is 494 g/mol. The minimum absolute atomic E-state index is 0.191. The third kappa shape index (κ3) is 4.82. The van der Waals surface area contributed by atoms with Crippen LogP contribution in [0.15, 0.2) is 69.7 Å². The third-order valence-corrected chi connectivity index (χ3v) is 7.25. The second kappa shape index (κ2) is 11.0. The lowest BCUT2D eigenvalue weighted by Crippen LogP contribution is -2.43. The molecule has 1 N–H and O–H groups in total. The van der Waals surface area contributed by atoms with Gasteiger partial charge in [-0.15, -0.1) is 0 Å². The first kappa shape index (κ1) is 24.9. The van der Waals surface area contributed by atoms with Crippen LogP contribution in [0, 0.1) is 5.92 Å². The number of nitrogens with one attached hydrogen (secondary N) is 1. The molecule has 7 heteroatoms. The lowest BCUT2D eigenvalue weighted by atomic mass is 9.67. The third-order valence-electron chi connectivity index (χ3n) is 6.54. The van der Waals surface area contributed by atoms with Crippen molar-refractivity contribution in [2.75, 3.05) is 13.2 Å². The molecule has 3 atom stereocenters. The van der Waals surface area contributed by atoms with E-state index in [0.717, 1.165) is 28.9 Å². The highest BCUT2D eigenvalue weighted by atomic mass is 32.1. The largest absolute Gasteiger partial charge is 0.465 e. The van der Waals surface area contributed by atoms with Gasteiger partial charge in [-0.05, 0) is 54.6 Å². The lowest BCUT2D eigenvalue weighted by Gasteiger charge is -2.39. The van der Waals surface area contributed by atoms with Crippen molar-refractivity contribution >= 4 is 29.1 Å². The van der Waals surface area contributed by atoms with Crippen LogP contribution in [0.3, 0.4) is 0 Å². The Labute approximate surface area is 210 Å². The summed E-state index contributed by atoms with van der Waals surface area (Å²) in [6.45, 7) is 5.99. The highest BCUT2D eigenvalue weighted by molar-refractivity contribution is 7.08. The van der Waals surface area contributed by atoms with Crippen LogP contribution in [0.4, 0.5) is 0 Å². The average Bonchev–Trinajstić information content (AvgIpc) is 3.39. The molecule has 1 aromatic carbocycles. The van der Waals surface area contributed by atoms with Gasteiger partial charge >= 0.3 is 11.9 Å². The van der Waals surface area contributed by atoms with Crippen LogP contribution in [-0.2, 0) is 23.9 Å². The number of carbonyl (C=O) groups excluding carboxylic acids is 3. The summed E-state index contributed by atoms with van der Waals surface area (Å²) >= 11 is 1.51. The molecule has 2 heterocycles. The summed E-state index contributed by atoms with van der Waals surface area (Å²) in [6, 6.07) is 11.6. The number of Topliss-reactive ketones (excluding diaryl/α,β-unsaturated/α-hetero) is 1. The number of carbonyl (C=O) groups is 3. The molecule has 3 unspecified atom stereocenters. The van der Waals surface area contributed by atoms with E-state index in [1.807, 2.05) is 47.2 Å². The maximum Gasteiger partial charge on any atom is 0.336 e. The normalized spacial score (nSPS) is 21.9. The van der Waals surface area contributed by atoms with E-state index in [0.29, 0.717) is 24.0 Å². The molecular weight excluding hydrogens is 462 g/mol. The number of rotatable bonds is 8. The van der Waals surface area contributed by atoms with Crippen LogP contribution in [0.1, 0.15) is 63.0 Å². The maximum atomic E-state index is 14.2. The number of ketones is 1. The van der Waals surface area contributed by atoms with E-state index in [4.69, 9.17) is 9.47 Å². The Morgan fingerprint density at radius 1 is 1.03 bits per heavy atom. The molecule has 184 valence electrons. The number of allylic oxidation sites excluding steroid dienone is 3. The molecular formula is C28H31NO5S. The van der Waals surface area contributed by atoms with Crippen molar-refractivity contribution < 1.29 is 23.9 Å². The SMILES string of the molecule is CCCC1=C(C(=O)OCC)C(c2ccsc2)C2=C(CC(c3ccccc3)C(C(=O)OCC)C2=O)N1. The van der Waals surface area contributed by atoms with E-state index in [2.05, 4.69) is 12.2 Å². The maximum absolute atomic E-state index is 14.2. The quantitative estimate of drug-likeness (QED) is 0.400. The number of esters is 2. The van der Waals surface area contributed by atoms with Crippen molar-refractivity contribution in [2.24, 2.45) is 5.92 Å². The zero-order chi connectivity index (χ0) is 24.9. The zero-order valence-electron chi connectivity index (χ0n) is 20.3. The van der Waals surface area contributed by atoms with E-state index in [9.17, 15) is 14.4 Å². The fraction of sp³-hybridized carbons (Fsp3) is 0.393. The van der Waals surface area contributed by atoms with Gasteiger partial charge in [0.25, 0.3) is 0 Å². The number of hydrogen-bond acceptors (Lipinski definition) is 7. The van der Waals surface area contributed by atoms with Crippen molar-refractivity contribution in [3.8, 4) is 0 Å². The minimum atomic E-state index is -0.977. The number of benzene rings is 1. The molecule has 1 aliphatic heterocycles. The van der Waals surface area contributed by atoms with Gasteiger partial charge in [-0.3, -0.25) is 9.59 Å². The van der Waals surface area contributed by atoms with Gasteiger partial charge in [-0.2, -0.15) is 11.3 Å². The smallest absolute Gasteiger partial charge is 0.336 e. The molecule has 4 rings (SSSR count). The van der Waals surface area contributed by atoms with E-state index < -0.39 is 23.8 Å². The number of ether oxygens (including phenoxy) is 2. The van der Waals surface area contributed by atoms with Crippen molar-refractivity contribution in [2.45, 2.75) is 51.9 Å². The molecule has 0 saturated heterocycles. The number of thiophene rings is 1.